The number of rotatable bonds is 4. The molecule has 0 heterocycles. The SMILES string of the molecule is CN(C)CC(C=N)CO. The van der Waals surface area contributed by atoms with Crippen molar-refractivity contribution in [1.82, 2.24) is 4.90 Å². The summed E-state index contributed by atoms with van der Waals surface area (Å²) in [4.78, 5) is 1.95. The first-order valence-electron chi connectivity index (χ1n) is 2.97. The summed E-state index contributed by atoms with van der Waals surface area (Å²) in [6, 6.07) is 0. The highest BCUT2D eigenvalue weighted by Crippen LogP contribution is 1.90. The highest BCUT2D eigenvalue weighted by atomic mass is 16.3. The zero-order chi connectivity index (χ0) is 7.28. The number of hydrogen-bond acceptors (Lipinski definition) is 3. The van der Waals surface area contributed by atoms with Crippen LogP contribution in [0, 0.1) is 11.3 Å². The van der Waals surface area contributed by atoms with Crippen LogP contribution in [-0.2, 0) is 0 Å². The van der Waals surface area contributed by atoms with Gasteiger partial charge in [-0.1, -0.05) is 0 Å². The second kappa shape index (κ2) is 4.47. The van der Waals surface area contributed by atoms with Crippen LogP contribution in [0.3, 0.4) is 0 Å². The average molecular weight is 130 g/mol. The molecule has 1 atom stereocenters. The Balaban J connectivity index is 3.42. The predicted molar refractivity (Wildman–Crippen MR) is 37.9 cm³/mol. The smallest absolute Gasteiger partial charge is 0.0520 e. The Morgan fingerprint density at radius 1 is 1.67 bits per heavy atom. The van der Waals surface area contributed by atoms with E-state index in [9.17, 15) is 0 Å². The molecule has 3 nitrogen and oxygen atoms in total. The second-order valence-electron chi connectivity index (χ2n) is 2.37. The zero-order valence-corrected chi connectivity index (χ0v) is 5.96. The van der Waals surface area contributed by atoms with Gasteiger partial charge >= 0.3 is 0 Å². The Morgan fingerprint density at radius 2 is 2.22 bits per heavy atom. The predicted octanol–water partition coefficient (Wildman–Crippen LogP) is -0.194. The number of aliphatic hydroxyl groups excluding tert-OH is 1. The van der Waals surface area contributed by atoms with E-state index >= 15 is 0 Å². The Labute approximate surface area is 55.8 Å². The second-order valence-corrected chi connectivity index (χ2v) is 2.37. The van der Waals surface area contributed by atoms with Crippen molar-refractivity contribution in [2.24, 2.45) is 5.92 Å². The van der Waals surface area contributed by atoms with E-state index in [4.69, 9.17) is 10.5 Å². The number of aliphatic hydroxyl groups is 1. The van der Waals surface area contributed by atoms with Crippen LogP contribution in [-0.4, -0.2) is 43.5 Å². The quantitative estimate of drug-likeness (QED) is 0.518. The first-order valence-corrected chi connectivity index (χ1v) is 2.97. The van der Waals surface area contributed by atoms with E-state index in [1.165, 1.54) is 6.21 Å². The van der Waals surface area contributed by atoms with Crippen molar-refractivity contribution in [2.45, 2.75) is 0 Å². The number of hydrogen-bond donors (Lipinski definition) is 2. The molecule has 2 N–H and O–H groups in total. The van der Waals surface area contributed by atoms with Gasteiger partial charge in [0.05, 0.1) is 6.61 Å². The fraction of sp³-hybridized carbons (Fsp3) is 0.833. The minimum Gasteiger partial charge on any atom is -0.396 e. The maximum atomic E-state index is 8.60. The van der Waals surface area contributed by atoms with Crippen LogP contribution in [0.2, 0.25) is 0 Å². The molecule has 0 saturated carbocycles. The molecule has 0 saturated heterocycles. The summed E-state index contributed by atoms with van der Waals surface area (Å²) < 4.78 is 0. The van der Waals surface area contributed by atoms with E-state index in [2.05, 4.69) is 0 Å². The zero-order valence-electron chi connectivity index (χ0n) is 5.96. The lowest BCUT2D eigenvalue weighted by Crippen LogP contribution is -2.24. The third-order valence-corrected chi connectivity index (χ3v) is 1.07. The molecule has 0 amide bonds. The van der Waals surface area contributed by atoms with E-state index in [0.29, 0.717) is 0 Å². The van der Waals surface area contributed by atoms with Gasteiger partial charge in [0, 0.05) is 18.7 Å². The Kier molecular flexibility index (Phi) is 4.26. The molecule has 1 unspecified atom stereocenters. The van der Waals surface area contributed by atoms with Crippen LogP contribution in [0.4, 0.5) is 0 Å². The summed E-state index contributed by atoms with van der Waals surface area (Å²) in [5.74, 6) is -0.000000000000000222. The number of nitrogens with one attached hydrogen (secondary N) is 1. The van der Waals surface area contributed by atoms with Gasteiger partial charge < -0.3 is 15.4 Å². The topological polar surface area (TPSA) is 47.3 Å². The van der Waals surface area contributed by atoms with Gasteiger partial charge in [0.25, 0.3) is 0 Å². The standard InChI is InChI=1S/C6H14N2O/c1-8(2)4-6(3-7)5-9/h3,6-7,9H,4-5H2,1-2H3. The van der Waals surface area contributed by atoms with Gasteiger partial charge in [0.2, 0.25) is 0 Å². The summed E-state index contributed by atoms with van der Waals surface area (Å²) in [6.45, 7) is 0.821. The molecule has 0 spiro atoms. The van der Waals surface area contributed by atoms with Gasteiger partial charge in [-0.25, -0.2) is 0 Å². The third kappa shape index (κ3) is 4.12. The molecule has 0 radical (unpaired) electrons. The van der Waals surface area contributed by atoms with Gasteiger partial charge in [-0.2, -0.15) is 0 Å². The largest absolute Gasteiger partial charge is 0.396 e. The van der Waals surface area contributed by atoms with E-state index in [0.717, 1.165) is 6.54 Å². The maximum Gasteiger partial charge on any atom is 0.0520 e. The van der Waals surface area contributed by atoms with Gasteiger partial charge in [0.15, 0.2) is 0 Å². The van der Waals surface area contributed by atoms with Crippen molar-refractivity contribution < 1.29 is 5.11 Å². The third-order valence-electron chi connectivity index (χ3n) is 1.07. The Morgan fingerprint density at radius 3 is 2.33 bits per heavy atom. The molecule has 0 aliphatic heterocycles. The van der Waals surface area contributed by atoms with Crippen LogP contribution < -0.4 is 0 Å². The monoisotopic (exact) mass is 130 g/mol. The molecule has 0 aliphatic carbocycles. The molecule has 0 aromatic heterocycles. The minimum absolute atomic E-state index is 0.000000000000000222. The normalized spacial score (nSPS) is 13.8. The summed E-state index contributed by atoms with van der Waals surface area (Å²) >= 11 is 0. The van der Waals surface area contributed by atoms with Crippen LogP contribution in [0.5, 0.6) is 0 Å². The van der Waals surface area contributed by atoms with Crippen molar-refractivity contribution in [3.05, 3.63) is 0 Å². The highest BCUT2D eigenvalue weighted by Gasteiger charge is 2.02. The Hall–Kier alpha value is -0.410. The van der Waals surface area contributed by atoms with Crippen LogP contribution >= 0.6 is 0 Å². The van der Waals surface area contributed by atoms with Crippen LogP contribution in [0.1, 0.15) is 0 Å². The van der Waals surface area contributed by atoms with Crippen LogP contribution in [0.25, 0.3) is 0 Å². The molecule has 9 heavy (non-hydrogen) atoms. The molecule has 0 aliphatic rings. The van der Waals surface area contributed by atoms with E-state index in [1.807, 2.05) is 19.0 Å². The van der Waals surface area contributed by atoms with E-state index in [1.54, 1.807) is 0 Å². The molecule has 0 rings (SSSR count). The summed E-state index contributed by atoms with van der Waals surface area (Å²) in [7, 11) is 3.85. The lowest BCUT2D eigenvalue weighted by molar-refractivity contribution is 0.232. The maximum absolute atomic E-state index is 8.60. The summed E-state index contributed by atoms with van der Waals surface area (Å²) in [5.41, 5.74) is 0. The Bertz CT molecular complexity index is 83.1. The lowest BCUT2D eigenvalue weighted by Gasteiger charge is -2.13. The molecule has 0 bridgehead atoms. The average Bonchev–Trinajstić information content (AvgIpc) is 1.82. The molecular weight excluding hydrogens is 116 g/mol. The molecule has 0 fully saturated rings. The fourth-order valence-electron chi connectivity index (χ4n) is 0.632. The highest BCUT2D eigenvalue weighted by molar-refractivity contribution is 5.57. The van der Waals surface area contributed by atoms with Crippen LogP contribution in [0.15, 0.2) is 0 Å². The minimum atomic E-state index is -0.000000000000000222. The molecule has 0 aromatic rings. The first kappa shape index (κ1) is 8.59. The van der Waals surface area contributed by atoms with Gasteiger partial charge in [0.1, 0.15) is 0 Å². The van der Waals surface area contributed by atoms with Crippen molar-refractivity contribution in [3.8, 4) is 0 Å². The van der Waals surface area contributed by atoms with Gasteiger partial charge in [-0.3, -0.25) is 0 Å². The lowest BCUT2D eigenvalue weighted by atomic mass is 10.2. The van der Waals surface area contributed by atoms with Crippen molar-refractivity contribution in [3.63, 3.8) is 0 Å². The first-order chi connectivity index (χ1) is 4.20. The van der Waals surface area contributed by atoms with Gasteiger partial charge in [-0.05, 0) is 14.1 Å². The summed E-state index contributed by atoms with van der Waals surface area (Å²) in [5, 5.41) is 15.4. The van der Waals surface area contributed by atoms with E-state index < -0.39 is 0 Å². The molecule has 0 aromatic carbocycles. The molecule has 3 heteroatoms. The van der Waals surface area contributed by atoms with Gasteiger partial charge in [-0.15, -0.1) is 0 Å². The van der Waals surface area contributed by atoms with Crippen molar-refractivity contribution in [1.29, 1.82) is 5.41 Å². The van der Waals surface area contributed by atoms with E-state index in [-0.39, 0.29) is 12.5 Å². The van der Waals surface area contributed by atoms with Crippen molar-refractivity contribution >= 4 is 6.21 Å². The molecule has 54 valence electrons. The molecular formula is C6H14N2O. The summed E-state index contributed by atoms with van der Waals surface area (Å²) in [6.07, 6.45) is 1.28. The van der Waals surface area contributed by atoms with Crippen molar-refractivity contribution in [2.75, 3.05) is 27.2 Å². The number of nitrogens with zero attached hydrogens (tertiary/aromatic N) is 1. The fourth-order valence-corrected chi connectivity index (χ4v) is 0.632.